The zero-order valence-corrected chi connectivity index (χ0v) is 12.3. The summed E-state index contributed by atoms with van der Waals surface area (Å²) in [5.41, 5.74) is 1.73. The number of piperidine rings is 1. The van der Waals surface area contributed by atoms with E-state index in [9.17, 15) is 4.79 Å². The Hall–Kier alpha value is -1.06. The molecule has 1 N–H and O–H groups in total. The molecule has 0 radical (unpaired) electrons. The van der Waals surface area contributed by atoms with Crippen LogP contribution in [0.2, 0.25) is 5.02 Å². The molecule has 1 heterocycles. The first-order valence-corrected chi connectivity index (χ1v) is 7.19. The van der Waals surface area contributed by atoms with Gasteiger partial charge in [0, 0.05) is 23.7 Å². The molecule has 1 aromatic rings. The lowest BCUT2D eigenvalue weighted by Crippen LogP contribution is -2.40. The Kier molecular flexibility index (Phi) is 4.83. The average Bonchev–Trinajstić information content (AvgIpc) is 2.39. The minimum Gasteiger partial charge on any atom is -0.339 e. The van der Waals surface area contributed by atoms with Gasteiger partial charge in [-0.3, -0.25) is 4.79 Å². The number of nitrogens with zero attached hydrogens (tertiary/aromatic N) is 1. The number of likely N-dealkylation sites (tertiary alicyclic amines) is 1. The maximum absolute atomic E-state index is 12.5. The summed E-state index contributed by atoms with van der Waals surface area (Å²) in [4.78, 5) is 14.4. The first-order valence-electron chi connectivity index (χ1n) is 6.82. The summed E-state index contributed by atoms with van der Waals surface area (Å²) >= 11 is 5.93. The molecule has 1 aliphatic rings. The number of carbonyl (C=O) groups excluding carboxylic acids is 1. The number of carbonyl (C=O) groups is 1. The Labute approximate surface area is 119 Å². The second-order valence-corrected chi connectivity index (χ2v) is 5.69. The van der Waals surface area contributed by atoms with Crippen LogP contribution in [0.5, 0.6) is 0 Å². The zero-order chi connectivity index (χ0) is 13.8. The molecule has 0 saturated carbocycles. The van der Waals surface area contributed by atoms with Gasteiger partial charge in [-0.05, 0) is 63.0 Å². The Balaban J connectivity index is 2.01. The molecule has 104 valence electrons. The van der Waals surface area contributed by atoms with E-state index in [0.717, 1.165) is 43.6 Å². The molecule has 2 rings (SSSR count). The molecule has 1 aliphatic heterocycles. The van der Waals surface area contributed by atoms with Gasteiger partial charge in [0.25, 0.3) is 5.91 Å². The lowest BCUT2D eigenvalue weighted by Gasteiger charge is -2.32. The summed E-state index contributed by atoms with van der Waals surface area (Å²) in [6.07, 6.45) is 2.17. The average molecular weight is 281 g/mol. The van der Waals surface area contributed by atoms with Gasteiger partial charge < -0.3 is 10.2 Å². The maximum atomic E-state index is 12.5. The molecule has 19 heavy (non-hydrogen) atoms. The third-order valence-electron chi connectivity index (χ3n) is 3.81. The van der Waals surface area contributed by atoms with Crippen molar-refractivity contribution in [2.45, 2.75) is 19.8 Å². The van der Waals surface area contributed by atoms with Crippen molar-refractivity contribution in [1.29, 1.82) is 0 Å². The second-order valence-electron chi connectivity index (χ2n) is 5.25. The first kappa shape index (κ1) is 14.4. The molecule has 3 nitrogen and oxygen atoms in total. The van der Waals surface area contributed by atoms with E-state index in [2.05, 4.69) is 5.32 Å². The summed E-state index contributed by atoms with van der Waals surface area (Å²) in [5.74, 6) is 0.831. The largest absolute Gasteiger partial charge is 0.339 e. The van der Waals surface area contributed by atoms with Crippen molar-refractivity contribution in [1.82, 2.24) is 10.2 Å². The van der Waals surface area contributed by atoms with Crippen molar-refractivity contribution in [3.63, 3.8) is 0 Å². The number of aryl methyl sites for hydroxylation is 1. The van der Waals surface area contributed by atoms with Gasteiger partial charge in [-0.2, -0.15) is 0 Å². The third-order valence-corrected chi connectivity index (χ3v) is 4.05. The van der Waals surface area contributed by atoms with Crippen molar-refractivity contribution in [3.05, 3.63) is 34.3 Å². The van der Waals surface area contributed by atoms with E-state index in [1.54, 1.807) is 6.07 Å². The van der Waals surface area contributed by atoms with E-state index < -0.39 is 0 Å². The summed E-state index contributed by atoms with van der Waals surface area (Å²) in [5, 5.41) is 3.89. The highest BCUT2D eigenvalue weighted by molar-refractivity contribution is 6.30. The van der Waals surface area contributed by atoms with Gasteiger partial charge in [-0.1, -0.05) is 11.6 Å². The fourth-order valence-corrected chi connectivity index (χ4v) is 2.89. The number of hydrogen-bond acceptors (Lipinski definition) is 2. The summed E-state index contributed by atoms with van der Waals surface area (Å²) in [7, 11) is 1.98. The van der Waals surface area contributed by atoms with Crippen molar-refractivity contribution >= 4 is 17.5 Å². The highest BCUT2D eigenvalue weighted by atomic mass is 35.5. The van der Waals surface area contributed by atoms with Crippen LogP contribution in [-0.4, -0.2) is 37.5 Å². The number of amides is 1. The summed E-state index contributed by atoms with van der Waals surface area (Å²) in [6, 6.07) is 5.47. The minimum atomic E-state index is 0.136. The van der Waals surface area contributed by atoms with E-state index in [1.807, 2.05) is 31.0 Å². The van der Waals surface area contributed by atoms with Crippen LogP contribution in [0.1, 0.15) is 28.8 Å². The predicted octanol–water partition coefficient (Wildman–Crippen LogP) is 2.72. The predicted molar refractivity (Wildman–Crippen MR) is 78.7 cm³/mol. The highest BCUT2D eigenvalue weighted by Gasteiger charge is 2.23. The van der Waals surface area contributed by atoms with Gasteiger partial charge >= 0.3 is 0 Å². The monoisotopic (exact) mass is 280 g/mol. The lowest BCUT2D eigenvalue weighted by atomic mass is 9.96. The number of benzene rings is 1. The molecule has 1 amide bonds. The van der Waals surface area contributed by atoms with Gasteiger partial charge in [0.15, 0.2) is 0 Å². The van der Waals surface area contributed by atoms with Gasteiger partial charge in [0.2, 0.25) is 0 Å². The first-order chi connectivity index (χ1) is 9.11. The van der Waals surface area contributed by atoms with Crippen LogP contribution in [0, 0.1) is 12.8 Å². The molecular formula is C15H21ClN2O. The van der Waals surface area contributed by atoms with Crippen LogP contribution in [0.25, 0.3) is 0 Å². The van der Waals surface area contributed by atoms with Crippen LogP contribution in [0.3, 0.4) is 0 Å². The quantitative estimate of drug-likeness (QED) is 0.923. The van der Waals surface area contributed by atoms with Crippen LogP contribution >= 0.6 is 11.6 Å². The van der Waals surface area contributed by atoms with Gasteiger partial charge in [0.05, 0.1) is 0 Å². The number of halogens is 1. The van der Waals surface area contributed by atoms with Crippen LogP contribution in [0.15, 0.2) is 18.2 Å². The Morgan fingerprint density at radius 3 is 2.68 bits per heavy atom. The molecule has 0 spiro atoms. The lowest BCUT2D eigenvalue weighted by molar-refractivity contribution is 0.0690. The zero-order valence-electron chi connectivity index (χ0n) is 11.6. The summed E-state index contributed by atoms with van der Waals surface area (Å²) in [6.45, 7) is 4.69. The molecule has 1 saturated heterocycles. The van der Waals surface area contributed by atoms with Gasteiger partial charge in [0.1, 0.15) is 0 Å². The SMILES string of the molecule is CNCC1CCN(C(=O)c2ccc(Cl)cc2C)CC1. The number of rotatable bonds is 3. The van der Waals surface area contributed by atoms with Crippen LogP contribution in [0.4, 0.5) is 0 Å². The fourth-order valence-electron chi connectivity index (χ4n) is 2.67. The molecular weight excluding hydrogens is 260 g/mol. The van der Waals surface area contributed by atoms with E-state index in [1.165, 1.54) is 0 Å². The van der Waals surface area contributed by atoms with E-state index in [4.69, 9.17) is 11.6 Å². The van der Waals surface area contributed by atoms with Gasteiger partial charge in [-0.15, -0.1) is 0 Å². The van der Waals surface area contributed by atoms with Crippen molar-refractivity contribution in [2.75, 3.05) is 26.7 Å². The van der Waals surface area contributed by atoms with Crippen molar-refractivity contribution in [2.24, 2.45) is 5.92 Å². The molecule has 4 heteroatoms. The van der Waals surface area contributed by atoms with Crippen LogP contribution < -0.4 is 5.32 Å². The van der Waals surface area contributed by atoms with Crippen molar-refractivity contribution in [3.8, 4) is 0 Å². The summed E-state index contributed by atoms with van der Waals surface area (Å²) < 4.78 is 0. The Bertz CT molecular complexity index is 453. The molecule has 0 atom stereocenters. The van der Waals surface area contributed by atoms with Gasteiger partial charge in [-0.25, -0.2) is 0 Å². The minimum absolute atomic E-state index is 0.136. The second kappa shape index (κ2) is 6.40. The third kappa shape index (κ3) is 3.48. The molecule has 0 aliphatic carbocycles. The molecule has 1 aromatic carbocycles. The van der Waals surface area contributed by atoms with E-state index >= 15 is 0 Å². The Morgan fingerprint density at radius 1 is 1.42 bits per heavy atom. The van der Waals surface area contributed by atoms with Crippen molar-refractivity contribution < 1.29 is 4.79 Å². The molecule has 1 fully saturated rings. The molecule has 0 aromatic heterocycles. The number of hydrogen-bond donors (Lipinski definition) is 1. The maximum Gasteiger partial charge on any atom is 0.254 e. The Morgan fingerprint density at radius 2 is 2.11 bits per heavy atom. The van der Waals surface area contributed by atoms with E-state index in [-0.39, 0.29) is 5.91 Å². The molecule has 0 bridgehead atoms. The standard InChI is InChI=1S/C15H21ClN2O/c1-11-9-13(16)3-4-14(11)15(19)18-7-5-12(6-8-18)10-17-2/h3-4,9,12,17H,5-8,10H2,1-2H3. The normalized spacial score (nSPS) is 16.7. The topological polar surface area (TPSA) is 32.3 Å². The molecule has 0 unspecified atom stereocenters. The highest BCUT2D eigenvalue weighted by Crippen LogP contribution is 2.21. The van der Waals surface area contributed by atoms with E-state index in [0.29, 0.717) is 10.9 Å². The fraction of sp³-hybridized carbons (Fsp3) is 0.533. The smallest absolute Gasteiger partial charge is 0.254 e. The van der Waals surface area contributed by atoms with Crippen LogP contribution in [-0.2, 0) is 0 Å². The number of nitrogens with one attached hydrogen (secondary N) is 1.